The summed E-state index contributed by atoms with van der Waals surface area (Å²) < 4.78 is 27.1. The first kappa shape index (κ1) is 16.0. The van der Waals surface area contributed by atoms with Gasteiger partial charge in [0.25, 0.3) is 0 Å². The van der Waals surface area contributed by atoms with Crippen LogP contribution in [0.5, 0.6) is 0 Å². The number of benzene rings is 2. The van der Waals surface area contributed by atoms with E-state index in [1.165, 1.54) is 17.7 Å². The van der Waals surface area contributed by atoms with Crippen LogP contribution >= 0.6 is 11.6 Å². The minimum Gasteiger partial charge on any atom is -0.204 e. The Morgan fingerprint density at radius 2 is 1.67 bits per heavy atom. The summed E-state index contributed by atoms with van der Waals surface area (Å²) in [5, 5.41) is -0.695. The number of hydrogen-bond acceptors (Lipinski definition) is 0. The third-order valence-corrected chi connectivity index (χ3v) is 4.61. The maximum Gasteiger partial charge on any atom is 0.163 e. The lowest BCUT2D eigenvalue weighted by molar-refractivity contribution is 0.499. The highest BCUT2D eigenvalue weighted by Crippen LogP contribution is 2.33. The van der Waals surface area contributed by atoms with Gasteiger partial charge in [0, 0.05) is 5.56 Å². The van der Waals surface area contributed by atoms with Gasteiger partial charge in [-0.15, -0.1) is 11.6 Å². The molecule has 2 rings (SSSR count). The molecule has 0 nitrogen and oxygen atoms in total. The molecule has 1 unspecified atom stereocenters. The maximum absolute atomic E-state index is 13.8. The van der Waals surface area contributed by atoms with E-state index in [-0.39, 0.29) is 11.0 Å². The third kappa shape index (κ3) is 3.26. The molecule has 2 aromatic carbocycles. The van der Waals surface area contributed by atoms with E-state index in [1.807, 2.05) is 24.3 Å². The fourth-order valence-electron chi connectivity index (χ4n) is 2.20. The van der Waals surface area contributed by atoms with Gasteiger partial charge < -0.3 is 0 Å². The highest BCUT2D eigenvalue weighted by atomic mass is 35.5. The molecule has 0 heterocycles. The van der Waals surface area contributed by atoms with Crippen molar-refractivity contribution in [1.82, 2.24) is 0 Å². The molecular weight excluding hydrogens is 290 g/mol. The molecule has 0 aliphatic heterocycles. The second kappa shape index (κ2) is 6.15. The lowest BCUT2D eigenvalue weighted by Crippen LogP contribution is -2.15. The SMILES string of the molecule is CCC(C)(C)c1ccc(C(Cl)c2cccc(F)c2F)cc1. The van der Waals surface area contributed by atoms with Crippen molar-refractivity contribution in [2.45, 2.75) is 38.0 Å². The van der Waals surface area contributed by atoms with Crippen molar-refractivity contribution in [3.8, 4) is 0 Å². The van der Waals surface area contributed by atoms with E-state index < -0.39 is 17.0 Å². The third-order valence-electron chi connectivity index (χ3n) is 4.12. The zero-order valence-corrected chi connectivity index (χ0v) is 13.2. The summed E-state index contributed by atoms with van der Waals surface area (Å²) in [4.78, 5) is 0. The molecule has 0 N–H and O–H groups in total. The van der Waals surface area contributed by atoms with Crippen LogP contribution in [0.4, 0.5) is 8.78 Å². The molecule has 0 radical (unpaired) electrons. The van der Waals surface area contributed by atoms with E-state index in [1.54, 1.807) is 0 Å². The second-order valence-corrected chi connectivity index (χ2v) is 6.30. The largest absolute Gasteiger partial charge is 0.204 e. The summed E-state index contributed by atoms with van der Waals surface area (Å²) in [5.41, 5.74) is 2.22. The van der Waals surface area contributed by atoms with Crippen molar-refractivity contribution < 1.29 is 8.78 Å². The zero-order valence-electron chi connectivity index (χ0n) is 12.5. The molecule has 0 aliphatic carbocycles. The van der Waals surface area contributed by atoms with Crippen LogP contribution in [-0.2, 0) is 5.41 Å². The van der Waals surface area contributed by atoms with Crippen molar-refractivity contribution in [3.63, 3.8) is 0 Å². The molecule has 1 atom stereocenters. The van der Waals surface area contributed by atoms with E-state index in [4.69, 9.17) is 11.6 Å². The van der Waals surface area contributed by atoms with Crippen LogP contribution in [0.1, 0.15) is 49.3 Å². The molecule has 3 heteroatoms. The molecule has 112 valence electrons. The Kier molecular flexibility index (Phi) is 4.67. The number of alkyl halides is 1. The summed E-state index contributed by atoms with van der Waals surface area (Å²) in [6.45, 7) is 6.49. The molecular formula is C18H19ClF2. The van der Waals surface area contributed by atoms with Crippen molar-refractivity contribution in [3.05, 3.63) is 70.8 Å². The fraction of sp³-hybridized carbons (Fsp3) is 0.333. The Morgan fingerprint density at radius 3 is 2.24 bits per heavy atom. The monoisotopic (exact) mass is 308 g/mol. The standard InChI is InChI=1S/C18H19ClF2/c1-4-18(2,3)13-10-8-12(9-11-13)16(19)14-6-5-7-15(20)17(14)21/h5-11,16H,4H2,1-3H3. The summed E-state index contributed by atoms with van der Waals surface area (Å²) >= 11 is 6.30. The van der Waals surface area contributed by atoms with Crippen LogP contribution in [0.25, 0.3) is 0 Å². The molecule has 0 aliphatic rings. The Hall–Kier alpha value is -1.41. The molecule has 0 spiro atoms. The van der Waals surface area contributed by atoms with Gasteiger partial charge in [0.1, 0.15) is 0 Å². The van der Waals surface area contributed by atoms with Crippen LogP contribution in [-0.4, -0.2) is 0 Å². The summed E-state index contributed by atoms with van der Waals surface area (Å²) in [6, 6.07) is 11.9. The molecule has 0 bridgehead atoms. The van der Waals surface area contributed by atoms with Crippen molar-refractivity contribution >= 4 is 11.6 Å². The summed E-state index contributed by atoms with van der Waals surface area (Å²) in [7, 11) is 0. The van der Waals surface area contributed by atoms with Gasteiger partial charge >= 0.3 is 0 Å². The first-order valence-corrected chi connectivity index (χ1v) is 7.49. The lowest BCUT2D eigenvalue weighted by atomic mass is 9.82. The molecule has 0 amide bonds. The van der Waals surface area contributed by atoms with E-state index in [2.05, 4.69) is 20.8 Å². The normalized spacial score (nSPS) is 13.2. The van der Waals surface area contributed by atoms with E-state index in [0.717, 1.165) is 18.1 Å². The Bertz CT molecular complexity index is 618. The Balaban J connectivity index is 2.32. The first-order chi connectivity index (χ1) is 9.86. The molecule has 0 fully saturated rings. The van der Waals surface area contributed by atoms with Crippen molar-refractivity contribution in [2.24, 2.45) is 0 Å². The lowest BCUT2D eigenvalue weighted by Gasteiger charge is -2.24. The summed E-state index contributed by atoms with van der Waals surface area (Å²) in [6.07, 6.45) is 1.02. The minimum absolute atomic E-state index is 0.0877. The van der Waals surface area contributed by atoms with Crippen LogP contribution in [0.2, 0.25) is 0 Å². The van der Waals surface area contributed by atoms with Gasteiger partial charge in [-0.05, 0) is 29.0 Å². The topological polar surface area (TPSA) is 0 Å². The van der Waals surface area contributed by atoms with Crippen molar-refractivity contribution in [1.29, 1.82) is 0 Å². The van der Waals surface area contributed by atoms with E-state index in [0.29, 0.717) is 0 Å². The van der Waals surface area contributed by atoms with Crippen LogP contribution in [0.3, 0.4) is 0 Å². The predicted molar refractivity (Wildman–Crippen MR) is 83.8 cm³/mol. The number of rotatable bonds is 4. The number of halogens is 3. The second-order valence-electron chi connectivity index (χ2n) is 5.87. The van der Waals surface area contributed by atoms with Gasteiger partial charge in [-0.3, -0.25) is 0 Å². The van der Waals surface area contributed by atoms with Gasteiger partial charge in [-0.1, -0.05) is 57.2 Å². The highest BCUT2D eigenvalue weighted by Gasteiger charge is 2.20. The predicted octanol–water partition coefficient (Wildman–Crippen LogP) is 5.98. The van der Waals surface area contributed by atoms with Gasteiger partial charge in [0.05, 0.1) is 5.38 Å². The first-order valence-electron chi connectivity index (χ1n) is 7.05. The molecule has 2 aromatic rings. The van der Waals surface area contributed by atoms with Crippen LogP contribution < -0.4 is 0 Å². The molecule has 0 saturated carbocycles. The number of hydrogen-bond donors (Lipinski definition) is 0. The van der Waals surface area contributed by atoms with Crippen LogP contribution in [0, 0.1) is 11.6 Å². The highest BCUT2D eigenvalue weighted by molar-refractivity contribution is 6.22. The Labute approximate surface area is 129 Å². The van der Waals surface area contributed by atoms with Gasteiger partial charge in [0.15, 0.2) is 11.6 Å². The van der Waals surface area contributed by atoms with Gasteiger partial charge in [0.2, 0.25) is 0 Å². The molecule has 21 heavy (non-hydrogen) atoms. The van der Waals surface area contributed by atoms with Gasteiger partial charge in [-0.25, -0.2) is 8.78 Å². The molecule has 0 saturated heterocycles. The molecule has 0 aromatic heterocycles. The zero-order chi connectivity index (χ0) is 15.6. The quantitative estimate of drug-likeness (QED) is 0.609. The van der Waals surface area contributed by atoms with Crippen LogP contribution in [0.15, 0.2) is 42.5 Å². The average Bonchev–Trinajstić information content (AvgIpc) is 2.49. The van der Waals surface area contributed by atoms with Gasteiger partial charge in [-0.2, -0.15) is 0 Å². The van der Waals surface area contributed by atoms with E-state index >= 15 is 0 Å². The van der Waals surface area contributed by atoms with Crippen molar-refractivity contribution in [2.75, 3.05) is 0 Å². The maximum atomic E-state index is 13.8. The van der Waals surface area contributed by atoms with E-state index in [9.17, 15) is 8.78 Å². The summed E-state index contributed by atoms with van der Waals surface area (Å²) in [5.74, 6) is -1.75. The Morgan fingerprint density at radius 1 is 1.05 bits per heavy atom. The fourth-order valence-corrected chi connectivity index (χ4v) is 2.52. The smallest absolute Gasteiger partial charge is 0.163 e. The average molecular weight is 309 g/mol. The minimum atomic E-state index is -0.879.